The third-order valence-corrected chi connectivity index (χ3v) is 4.45. The summed E-state index contributed by atoms with van der Waals surface area (Å²) in [6, 6.07) is 0.492. The topological polar surface area (TPSA) is 28.2 Å². The molecule has 1 aromatic heterocycles. The standard InChI is InChI=1S/C17H33N3S/c1-9-14-15(10-18-17(6,7)8)21-16(19-14)20(13(4)5)11-12(2)3/h12-13,18H,9-11H2,1-8H3. The van der Waals surface area contributed by atoms with Crippen LogP contribution in [0.2, 0.25) is 0 Å². The summed E-state index contributed by atoms with van der Waals surface area (Å²) in [4.78, 5) is 8.73. The van der Waals surface area contributed by atoms with E-state index in [1.807, 2.05) is 11.3 Å². The Bertz CT molecular complexity index is 430. The van der Waals surface area contributed by atoms with E-state index in [9.17, 15) is 0 Å². The lowest BCUT2D eigenvalue weighted by Gasteiger charge is -2.27. The third-order valence-electron chi connectivity index (χ3n) is 3.31. The molecule has 0 amide bonds. The zero-order valence-corrected chi connectivity index (χ0v) is 15.9. The van der Waals surface area contributed by atoms with Gasteiger partial charge in [-0.3, -0.25) is 0 Å². The molecule has 1 aromatic rings. The zero-order chi connectivity index (χ0) is 16.2. The van der Waals surface area contributed by atoms with Crippen molar-refractivity contribution in [1.82, 2.24) is 10.3 Å². The van der Waals surface area contributed by atoms with E-state index < -0.39 is 0 Å². The molecule has 1 heterocycles. The fourth-order valence-corrected chi connectivity index (χ4v) is 3.39. The maximum Gasteiger partial charge on any atom is 0.186 e. The van der Waals surface area contributed by atoms with Crippen LogP contribution in [0, 0.1) is 5.92 Å². The molecule has 0 aliphatic rings. The molecule has 122 valence electrons. The number of aryl methyl sites for hydroxylation is 1. The van der Waals surface area contributed by atoms with Gasteiger partial charge < -0.3 is 10.2 Å². The molecule has 0 aliphatic carbocycles. The number of hydrogen-bond acceptors (Lipinski definition) is 4. The number of aromatic nitrogens is 1. The van der Waals surface area contributed by atoms with Crippen LogP contribution in [-0.2, 0) is 13.0 Å². The maximum absolute atomic E-state index is 4.91. The van der Waals surface area contributed by atoms with Crippen molar-refractivity contribution in [3.63, 3.8) is 0 Å². The minimum Gasteiger partial charge on any atom is -0.345 e. The van der Waals surface area contributed by atoms with Crippen molar-refractivity contribution >= 4 is 16.5 Å². The van der Waals surface area contributed by atoms with E-state index in [1.54, 1.807) is 0 Å². The molecule has 0 aromatic carbocycles. The first kappa shape index (κ1) is 18.4. The summed E-state index contributed by atoms with van der Waals surface area (Å²) in [5.41, 5.74) is 1.39. The Morgan fingerprint density at radius 3 is 2.24 bits per heavy atom. The molecular formula is C17H33N3S. The smallest absolute Gasteiger partial charge is 0.186 e. The molecular weight excluding hydrogens is 278 g/mol. The fraction of sp³-hybridized carbons (Fsp3) is 0.824. The van der Waals surface area contributed by atoms with Crippen molar-refractivity contribution in [1.29, 1.82) is 0 Å². The zero-order valence-electron chi connectivity index (χ0n) is 15.1. The Kier molecular flexibility index (Phi) is 6.67. The van der Waals surface area contributed by atoms with Crippen LogP contribution in [0.3, 0.4) is 0 Å². The minimum atomic E-state index is 0.144. The molecule has 4 heteroatoms. The highest BCUT2D eigenvalue weighted by atomic mass is 32.1. The maximum atomic E-state index is 4.91. The van der Waals surface area contributed by atoms with E-state index in [0.29, 0.717) is 12.0 Å². The second-order valence-corrected chi connectivity index (χ2v) is 8.53. The summed E-state index contributed by atoms with van der Waals surface area (Å²) < 4.78 is 0. The van der Waals surface area contributed by atoms with Gasteiger partial charge in [0.2, 0.25) is 0 Å². The van der Waals surface area contributed by atoms with Crippen LogP contribution in [0.1, 0.15) is 66.0 Å². The first-order valence-corrected chi connectivity index (χ1v) is 8.96. The van der Waals surface area contributed by atoms with Crippen molar-refractivity contribution in [2.45, 2.75) is 79.9 Å². The van der Waals surface area contributed by atoms with Crippen LogP contribution in [0.5, 0.6) is 0 Å². The highest BCUT2D eigenvalue weighted by Crippen LogP contribution is 2.29. The van der Waals surface area contributed by atoms with Crippen molar-refractivity contribution in [3.05, 3.63) is 10.6 Å². The van der Waals surface area contributed by atoms with Crippen molar-refractivity contribution in [3.8, 4) is 0 Å². The lowest BCUT2D eigenvalue weighted by atomic mass is 10.1. The van der Waals surface area contributed by atoms with E-state index in [0.717, 1.165) is 19.5 Å². The molecule has 0 aliphatic heterocycles. The number of nitrogens with zero attached hydrogens (tertiary/aromatic N) is 2. The van der Waals surface area contributed by atoms with E-state index in [2.05, 4.69) is 65.6 Å². The molecule has 0 fully saturated rings. The predicted octanol–water partition coefficient (Wildman–Crippen LogP) is 4.46. The van der Waals surface area contributed by atoms with Crippen molar-refractivity contribution < 1.29 is 0 Å². The number of hydrogen-bond donors (Lipinski definition) is 1. The molecule has 1 N–H and O–H groups in total. The molecule has 1 rings (SSSR count). The van der Waals surface area contributed by atoms with Crippen LogP contribution in [0.25, 0.3) is 0 Å². The Morgan fingerprint density at radius 2 is 1.81 bits per heavy atom. The van der Waals surface area contributed by atoms with Gasteiger partial charge in [0.25, 0.3) is 0 Å². The molecule has 0 saturated heterocycles. The molecule has 0 spiro atoms. The third kappa shape index (κ3) is 5.95. The van der Waals surface area contributed by atoms with Gasteiger partial charge in [0.1, 0.15) is 0 Å². The van der Waals surface area contributed by atoms with Crippen LogP contribution >= 0.6 is 11.3 Å². The first-order valence-electron chi connectivity index (χ1n) is 8.14. The van der Waals surface area contributed by atoms with Crippen LogP contribution < -0.4 is 10.2 Å². The van der Waals surface area contributed by atoms with Crippen LogP contribution in [0.15, 0.2) is 0 Å². The monoisotopic (exact) mass is 311 g/mol. The summed E-state index contributed by atoms with van der Waals surface area (Å²) >= 11 is 1.86. The summed E-state index contributed by atoms with van der Waals surface area (Å²) in [5.74, 6) is 0.650. The minimum absolute atomic E-state index is 0.144. The van der Waals surface area contributed by atoms with Gasteiger partial charge in [-0.15, -0.1) is 11.3 Å². The van der Waals surface area contributed by atoms with Gasteiger partial charge in [0.05, 0.1) is 5.69 Å². The second kappa shape index (κ2) is 7.59. The number of anilines is 1. The highest BCUT2D eigenvalue weighted by molar-refractivity contribution is 7.15. The molecule has 21 heavy (non-hydrogen) atoms. The normalized spacial score (nSPS) is 12.5. The van der Waals surface area contributed by atoms with Crippen LogP contribution in [0.4, 0.5) is 5.13 Å². The van der Waals surface area contributed by atoms with Gasteiger partial charge in [-0.1, -0.05) is 20.8 Å². The Labute approximate surface area is 135 Å². The Hall–Kier alpha value is -0.610. The summed E-state index contributed by atoms with van der Waals surface area (Å²) in [6.07, 6.45) is 1.01. The lowest BCUT2D eigenvalue weighted by Crippen LogP contribution is -2.35. The van der Waals surface area contributed by atoms with Crippen LogP contribution in [-0.4, -0.2) is 23.1 Å². The van der Waals surface area contributed by atoms with Gasteiger partial charge in [-0.25, -0.2) is 4.98 Å². The Morgan fingerprint density at radius 1 is 1.19 bits per heavy atom. The average molecular weight is 312 g/mol. The SMILES string of the molecule is CCc1nc(N(CC(C)C)C(C)C)sc1CNC(C)(C)C. The molecule has 0 unspecified atom stereocenters. The fourth-order valence-electron chi connectivity index (χ4n) is 2.16. The lowest BCUT2D eigenvalue weighted by molar-refractivity contribution is 0.425. The van der Waals surface area contributed by atoms with Crippen molar-refractivity contribution in [2.75, 3.05) is 11.4 Å². The van der Waals surface area contributed by atoms with Gasteiger partial charge in [-0.2, -0.15) is 0 Å². The van der Waals surface area contributed by atoms with E-state index in [-0.39, 0.29) is 5.54 Å². The quantitative estimate of drug-likeness (QED) is 0.805. The average Bonchev–Trinajstić information content (AvgIpc) is 2.75. The van der Waals surface area contributed by atoms with E-state index >= 15 is 0 Å². The van der Waals surface area contributed by atoms with Crippen molar-refractivity contribution in [2.24, 2.45) is 5.92 Å². The number of rotatable bonds is 7. The molecule has 0 atom stereocenters. The highest BCUT2D eigenvalue weighted by Gasteiger charge is 2.19. The summed E-state index contributed by atoms with van der Waals surface area (Å²) in [5, 5.41) is 4.77. The first-order chi connectivity index (χ1) is 9.64. The van der Waals surface area contributed by atoms with Gasteiger partial charge in [0.15, 0.2) is 5.13 Å². The van der Waals surface area contributed by atoms with Gasteiger partial charge in [0, 0.05) is 29.5 Å². The van der Waals surface area contributed by atoms with E-state index in [4.69, 9.17) is 4.98 Å². The number of thiazole rings is 1. The Balaban J connectivity index is 2.95. The largest absolute Gasteiger partial charge is 0.345 e. The number of nitrogens with one attached hydrogen (secondary N) is 1. The molecule has 0 saturated carbocycles. The van der Waals surface area contributed by atoms with E-state index in [1.165, 1.54) is 15.7 Å². The van der Waals surface area contributed by atoms with Gasteiger partial charge >= 0.3 is 0 Å². The molecule has 0 radical (unpaired) electrons. The predicted molar refractivity (Wildman–Crippen MR) is 95.4 cm³/mol. The molecule has 3 nitrogen and oxygen atoms in total. The van der Waals surface area contributed by atoms with Gasteiger partial charge in [-0.05, 0) is 47.0 Å². The summed E-state index contributed by atoms with van der Waals surface area (Å²) in [7, 11) is 0. The second-order valence-electron chi connectivity index (χ2n) is 7.46. The molecule has 0 bridgehead atoms. The summed E-state index contributed by atoms with van der Waals surface area (Å²) in [6.45, 7) is 19.8.